The number of rotatable bonds is 3. The average Bonchev–Trinajstić information content (AvgIpc) is 2.95. The van der Waals surface area contributed by atoms with Crippen LogP contribution < -0.4 is 10.2 Å². The lowest BCUT2D eigenvalue weighted by Gasteiger charge is -2.20. The third-order valence-corrected chi connectivity index (χ3v) is 3.00. The predicted octanol–water partition coefficient (Wildman–Crippen LogP) is 1.08. The van der Waals surface area contributed by atoms with Gasteiger partial charge in [-0.1, -0.05) is 5.10 Å². The van der Waals surface area contributed by atoms with E-state index in [0.717, 1.165) is 19.4 Å². The molecule has 0 bridgehead atoms. The lowest BCUT2D eigenvalue weighted by molar-refractivity contribution is -0.121. The van der Waals surface area contributed by atoms with Crippen molar-refractivity contribution in [2.24, 2.45) is 0 Å². The zero-order valence-electron chi connectivity index (χ0n) is 9.81. The number of amides is 1. The van der Waals surface area contributed by atoms with E-state index in [4.69, 9.17) is 16.0 Å². The Kier molecular flexibility index (Phi) is 3.51. The van der Waals surface area contributed by atoms with Gasteiger partial charge in [-0.15, -0.1) is 16.7 Å². The number of carbonyl (C=O) groups is 1. The van der Waals surface area contributed by atoms with E-state index in [1.807, 2.05) is 4.90 Å². The highest BCUT2D eigenvalue weighted by Gasteiger charge is 2.33. The van der Waals surface area contributed by atoms with Crippen molar-refractivity contribution in [2.75, 3.05) is 18.5 Å². The van der Waals surface area contributed by atoms with E-state index in [-0.39, 0.29) is 17.3 Å². The highest BCUT2D eigenvalue weighted by molar-refractivity contribution is 6.20. The van der Waals surface area contributed by atoms with Gasteiger partial charge in [-0.05, 0) is 19.8 Å². The fourth-order valence-corrected chi connectivity index (χ4v) is 2.03. The summed E-state index contributed by atoms with van der Waals surface area (Å²) in [5.74, 6) is 0.352. The smallest absolute Gasteiger partial charge is 0.318 e. The topological polar surface area (TPSA) is 71.3 Å². The molecule has 2 rings (SSSR count). The molecule has 0 radical (unpaired) electrons. The number of hydrogen-bond donors (Lipinski definition) is 1. The van der Waals surface area contributed by atoms with Gasteiger partial charge in [-0.3, -0.25) is 4.79 Å². The zero-order valence-corrected chi connectivity index (χ0v) is 10.6. The molecule has 0 aromatic carbocycles. The molecule has 6 nitrogen and oxygen atoms in total. The van der Waals surface area contributed by atoms with E-state index in [1.165, 1.54) is 0 Å². The van der Waals surface area contributed by atoms with E-state index < -0.39 is 0 Å². The summed E-state index contributed by atoms with van der Waals surface area (Å²) in [7, 11) is 1.62. The molecular formula is C10H15ClN4O2. The van der Waals surface area contributed by atoms with Crippen molar-refractivity contribution in [1.29, 1.82) is 0 Å². The summed E-state index contributed by atoms with van der Waals surface area (Å²) in [5, 5.41) is 10.1. The van der Waals surface area contributed by atoms with Gasteiger partial charge in [0.2, 0.25) is 11.8 Å². The Bertz CT molecular complexity index is 407. The number of alkyl halides is 1. The largest absolute Gasteiger partial charge is 0.406 e. The molecule has 7 heteroatoms. The number of halogens is 1. The maximum Gasteiger partial charge on any atom is 0.318 e. The fraction of sp³-hybridized carbons (Fsp3) is 0.700. The fourth-order valence-electron chi connectivity index (χ4n) is 1.94. The second-order valence-corrected chi connectivity index (χ2v) is 4.66. The molecule has 0 spiro atoms. The van der Waals surface area contributed by atoms with Crippen molar-refractivity contribution < 1.29 is 9.21 Å². The highest BCUT2D eigenvalue weighted by Crippen LogP contribution is 2.27. The van der Waals surface area contributed by atoms with Gasteiger partial charge >= 0.3 is 6.01 Å². The molecule has 1 saturated heterocycles. The van der Waals surface area contributed by atoms with Crippen molar-refractivity contribution >= 4 is 23.5 Å². The number of anilines is 1. The van der Waals surface area contributed by atoms with Crippen LogP contribution in [0.2, 0.25) is 0 Å². The summed E-state index contributed by atoms with van der Waals surface area (Å²) in [6.07, 6.45) is 1.74. The lowest BCUT2D eigenvalue weighted by Crippen LogP contribution is -2.42. The molecule has 2 atom stereocenters. The summed E-state index contributed by atoms with van der Waals surface area (Å²) in [5.41, 5.74) is 0. The van der Waals surface area contributed by atoms with Crippen molar-refractivity contribution in [3.05, 3.63) is 5.89 Å². The minimum Gasteiger partial charge on any atom is -0.406 e. The molecular weight excluding hydrogens is 244 g/mol. The Morgan fingerprint density at radius 1 is 1.65 bits per heavy atom. The van der Waals surface area contributed by atoms with Crippen LogP contribution in [0.1, 0.15) is 31.0 Å². The van der Waals surface area contributed by atoms with Gasteiger partial charge in [0, 0.05) is 13.6 Å². The number of aromatic nitrogens is 2. The van der Waals surface area contributed by atoms with Gasteiger partial charge in [0.05, 0.1) is 0 Å². The van der Waals surface area contributed by atoms with Gasteiger partial charge in [-0.25, -0.2) is 0 Å². The molecule has 1 amide bonds. The first-order valence-electron chi connectivity index (χ1n) is 5.59. The first-order chi connectivity index (χ1) is 8.13. The average molecular weight is 259 g/mol. The summed E-state index contributed by atoms with van der Waals surface area (Å²) in [6.45, 7) is 2.51. The molecule has 17 heavy (non-hydrogen) atoms. The van der Waals surface area contributed by atoms with Gasteiger partial charge in [0.25, 0.3) is 0 Å². The van der Waals surface area contributed by atoms with Crippen LogP contribution in [0.3, 0.4) is 0 Å². The van der Waals surface area contributed by atoms with Gasteiger partial charge in [0.15, 0.2) is 0 Å². The van der Waals surface area contributed by atoms with E-state index in [9.17, 15) is 4.79 Å². The quantitative estimate of drug-likeness (QED) is 0.822. The van der Waals surface area contributed by atoms with E-state index >= 15 is 0 Å². The molecule has 0 saturated carbocycles. The summed E-state index contributed by atoms with van der Waals surface area (Å²) >= 11 is 5.86. The van der Waals surface area contributed by atoms with Gasteiger partial charge in [0.1, 0.15) is 11.4 Å². The van der Waals surface area contributed by atoms with Crippen molar-refractivity contribution in [3.63, 3.8) is 0 Å². The third-order valence-electron chi connectivity index (χ3n) is 2.82. The zero-order chi connectivity index (χ0) is 12.4. The SMILES string of the molecule is CNC(=O)C1CCCN1c1nnc(C(C)Cl)o1. The number of nitrogens with zero attached hydrogens (tertiary/aromatic N) is 3. The molecule has 2 heterocycles. The molecule has 1 fully saturated rings. The van der Waals surface area contributed by atoms with Crippen LogP contribution >= 0.6 is 11.6 Å². The Hall–Kier alpha value is -1.30. The minimum absolute atomic E-state index is 0.0267. The first kappa shape index (κ1) is 12.2. The Morgan fingerprint density at radius 2 is 2.41 bits per heavy atom. The Morgan fingerprint density at radius 3 is 3.00 bits per heavy atom. The normalized spacial score (nSPS) is 21.6. The van der Waals surface area contributed by atoms with Gasteiger partial charge in [-0.2, -0.15) is 0 Å². The minimum atomic E-state index is -0.322. The Labute approximate surface area is 104 Å². The van der Waals surface area contributed by atoms with E-state index in [0.29, 0.717) is 11.9 Å². The highest BCUT2D eigenvalue weighted by atomic mass is 35.5. The summed E-state index contributed by atoms with van der Waals surface area (Å²) in [6, 6.07) is 0.150. The number of likely N-dealkylation sites (N-methyl/N-ethyl adjacent to an activating group) is 1. The van der Waals surface area contributed by atoms with Crippen molar-refractivity contribution in [2.45, 2.75) is 31.2 Å². The second-order valence-electron chi connectivity index (χ2n) is 4.00. The van der Waals surface area contributed by atoms with Crippen LogP contribution in [0.25, 0.3) is 0 Å². The monoisotopic (exact) mass is 258 g/mol. The molecule has 0 aliphatic carbocycles. The van der Waals surface area contributed by atoms with Crippen LogP contribution in [0.5, 0.6) is 0 Å². The predicted molar refractivity (Wildman–Crippen MR) is 63.0 cm³/mol. The molecule has 2 unspecified atom stereocenters. The molecule has 1 aromatic rings. The number of nitrogens with one attached hydrogen (secondary N) is 1. The molecule has 1 aliphatic heterocycles. The Balaban J connectivity index is 2.17. The maximum atomic E-state index is 11.7. The number of carbonyl (C=O) groups excluding carboxylic acids is 1. The lowest BCUT2D eigenvalue weighted by atomic mass is 10.2. The first-order valence-corrected chi connectivity index (χ1v) is 6.03. The van der Waals surface area contributed by atoms with Crippen molar-refractivity contribution in [3.8, 4) is 0 Å². The number of hydrogen-bond acceptors (Lipinski definition) is 5. The molecule has 94 valence electrons. The van der Waals surface area contributed by atoms with Crippen LogP contribution in [0, 0.1) is 0 Å². The summed E-state index contributed by atoms with van der Waals surface area (Å²) < 4.78 is 5.45. The van der Waals surface area contributed by atoms with Gasteiger partial charge < -0.3 is 14.6 Å². The summed E-state index contributed by atoms with van der Waals surface area (Å²) in [4.78, 5) is 13.5. The third kappa shape index (κ3) is 2.36. The molecule has 1 aliphatic rings. The molecule has 1 N–H and O–H groups in total. The van der Waals surface area contributed by atoms with Crippen LogP contribution in [0.15, 0.2) is 4.42 Å². The standard InChI is InChI=1S/C10H15ClN4O2/c1-6(11)9-13-14-10(17-9)15-5-3-4-7(15)8(16)12-2/h6-7H,3-5H2,1-2H3,(H,12,16). The second kappa shape index (κ2) is 4.91. The van der Waals surface area contributed by atoms with E-state index in [2.05, 4.69) is 15.5 Å². The van der Waals surface area contributed by atoms with Crippen molar-refractivity contribution in [1.82, 2.24) is 15.5 Å². The molecule has 1 aromatic heterocycles. The maximum absolute atomic E-state index is 11.7. The van der Waals surface area contributed by atoms with Crippen LogP contribution in [0.4, 0.5) is 6.01 Å². The van der Waals surface area contributed by atoms with Crippen LogP contribution in [-0.2, 0) is 4.79 Å². The van der Waals surface area contributed by atoms with Crippen LogP contribution in [-0.4, -0.2) is 35.7 Å². The van der Waals surface area contributed by atoms with E-state index in [1.54, 1.807) is 14.0 Å².